The average Bonchev–Trinajstić information content (AvgIpc) is 3.20. The van der Waals surface area contributed by atoms with Crippen LogP contribution in [0.4, 0.5) is 0 Å². The Morgan fingerprint density at radius 3 is 1.02 bits per heavy atom. The summed E-state index contributed by atoms with van der Waals surface area (Å²) in [5.41, 5.74) is 0. The first kappa shape index (κ1) is 56.1. The Morgan fingerprint density at radius 2 is 0.702 bits per heavy atom. The summed E-state index contributed by atoms with van der Waals surface area (Å²) in [7, 11) is 0. The summed E-state index contributed by atoms with van der Waals surface area (Å²) in [4.78, 5) is 12.4. The molecule has 57 heavy (non-hydrogen) atoms. The number of hydrogen-bond donors (Lipinski definition) is 4. The predicted molar refractivity (Wildman–Crippen MR) is 250 cm³/mol. The number of allylic oxidation sites excluding steroid dienone is 2. The van der Waals surface area contributed by atoms with Gasteiger partial charge in [0.15, 0.2) is 0 Å². The normalized spacial score (nSPS) is 13.4. The van der Waals surface area contributed by atoms with Gasteiger partial charge in [-0.25, -0.2) is 0 Å². The maximum absolute atomic E-state index is 12.4. The van der Waals surface area contributed by atoms with Gasteiger partial charge in [0.25, 0.3) is 0 Å². The second-order valence-corrected chi connectivity index (χ2v) is 18.1. The van der Waals surface area contributed by atoms with Crippen molar-refractivity contribution in [1.82, 2.24) is 5.32 Å². The van der Waals surface area contributed by atoms with Crippen molar-refractivity contribution < 1.29 is 20.1 Å². The summed E-state index contributed by atoms with van der Waals surface area (Å²) in [6.45, 7) is 4.26. The SMILES string of the molecule is CCCCCCCCCCCCCCCC/C=C\CCCCCCCCCCCCCCCCCC(O)CC(=O)NC(CO)C(O)CCCCCCCCCCC. The number of aliphatic hydroxyl groups is 3. The van der Waals surface area contributed by atoms with Crippen LogP contribution < -0.4 is 5.32 Å². The van der Waals surface area contributed by atoms with Crippen LogP contribution in [0.15, 0.2) is 12.2 Å². The number of nitrogens with one attached hydrogen (secondary N) is 1. The molecule has 0 aromatic carbocycles. The molecule has 4 N–H and O–H groups in total. The molecule has 0 rings (SSSR count). The minimum absolute atomic E-state index is 0.0402. The maximum atomic E-state index is 12.4. The molecule has 0 aliphatic rings. The van der Waals surface area contributed by atoms with Gasteiger partial charge in [0.2, 0.25) is 5.91 Å². The molecule has 0 saturated carbocycles. The van der Waals surface area contributed by atoms with Crippen LogP contribution in [0.3, 0.4) is 0 Å². The minimum Gasteiger partial charge on any atom is -0.394 e. The second-order valence-electron chi connectivity index (χ2n) is 18.1. The molecular formula is C52H103NO4. The first-order valence-electron chi connectivity index (χ1n) is 26.0. The lowest BCUT2D eigenvalue weighted by Gasteiger charge is -2.23. The van der Waals surface area contributed by atoms with Crippen LogP contribution in [0.5, 0.6) is 0 Å². The predicted octanol–water partition coefficient (Wildman–Crippen LogP) is 15.6. The van der Waals surface area contributed by atoms with Crippen LogP contribution in [-0.2, 0) is 4.79 Å². The van der Waals surface area contributed by atoms with Crippen molar-refractivity contribution in [3.05, 3.63) is 12.2 Å². The second kappa shape index (κ2) is 47.8. The number of carbonyl (C=O) groups excluding carboxylic acids is 1. The molecule has 0 aromatic rings. The van der Waals surface area contributed by atoms with Gasteiger partial charge in [-0.15, -0.1) is 0 Å². The number of aliphatic hydroxyl groups excluding tert-OH is 3. The standard InChI is InChI=1S/C52H103NO4/c1-3-5-7-9-11-13-14-15-16-17-18-19-20-21-22-23-24-25-26-27-28-29-30-31-32-33-34-35-36-38-39-41-43-45-49(55)47-52(57)53-50(48-54)51(56)46-44-42-40-37-12-10-8-6-4-2/h23-24,49-51,54-56H,3-22,25-48H2,1-2H3,(H,53,57)/b24-23-. The number of hydrogen-bond acceptors (Lipinski definition) is 4. The molecule has 0 bridgehead atoms. The Hall–Kier alpha value is -0.910. The van der Waals surface area contributed by atoms with Crippen LogP contribution in [0.1, 0.15) is 290 Å². The number of amides is 1. The van der Waals surface area contributed by atoms with Crippen LogP contribution in [0.25, 0.3) is 0 Å². The molecule has 5 nitrogen and oxygen atoms in total. The van der Waals surface area contributed by atoms with Crippen LogP contribution in [0, 0.1) is 0 Å². The van der Waals surface area contributed by atoms with E-state index in [0.717, 1.165) is 25.7 Å². The van der Waals surface area contributed by atoms with E-state index in [-0.39, 0.29) is 18.9 Å². The zero-order valence-corrected chi connectivity index (χ0v) is 38.7. The highest BCUT2D eigenvalue weighted by Gasteiger charge is 2.21. The topological polar surface area (TPSA) is 89.8 Å². The van der Waals surface area contributed by atoms with Gasteiger partial charge in [0.05, 0.1) is 31.3 Å². The van der Waals surface area contributed by atoms with Gasteiger partial charge in [0.1, 0.15) is 0 Å². The third-order valence-corrected chi connectivity index (χ3v) is 12.3. The van der Waals surface area contributed by atoms with Crippen molar-refractivity contribution in [2.75, 3.05) is 6.61 Å². The number of carbonyl (C=O) groups is 1. The first-order valence-corrected chi connectivity index (χ1v) is 26.0. The van der Waals surface area contributed by atoms with Crippen LogP contribution in [0.2, 0.25) is 0 Å². The molecule has 5 heteroatoms. The lowest BCUT2D eigenvalue weighted by molar-refractivity contribution is -0.125. The highest BCUT2D eigenvalue weighted by atomic mass is 16.3. The van der Waals surface area contributed by atoms with Crippen molar-refractivity contribution in [2.45, 2.75) is 308 Å². The highest BCUT2D eigenvalue weighted by Crippen LogP contribution is 2.17. The average molecular weight is 806 g/mol. The molecular weight excluding hydrogens is 703 g/mol. The Labute approximate surface area is 357 Å². The molecule has 1 amide bonds. The van der Waals surface area contributed by atoms with Gasteiger partial charge in [-0.2, -0.15) is 0 Å². The van der Waals surface area contributed by atoms with E-state index in [4.69, 9.17) is 0 Å². The molecule has 0 radical (unpaired) electrons. The number of unbranched alkanes of at least 4 members (excludes halogenated alkanes) is 37. The Morgan fingerprint density at radius 1 is 0.421 bits per heavy atom. The summed E-state index contributed by atoms with van der Waals surface area (Å²) in [6.07, 6.45) is 58.1. The van der Waals surface area contributed by atoms with Crippen LogP contribution >= 0.6 is 0 Å². The zero-order chi connectivity index (χ0) is 41.5. The van der Waals surface area contributed by atoms with Crippen molar-refractivity contribution in [1.29, 1.82) is 0 Å². The molecule has 0 spiro atoms. The Bertz CT molecular complexity index is 803. The lowest BCUT2D eigenvalue weighted by atomic mass is 10.0. The largest absolute Gasteiger partial charge is 0.394 e. The fourth-order valence-corrected chi connectivity index (χ4v) is 8.34. The fraction of sp³-hybridized carbons (Fsp3) is 0.942. The fourth-order valence-electron chi connectivity index (χ4n) is 8.34. The summed E-state index contributed by atoms with van der Waals surface area (Å²) < 4.78 is 0. The van der Waals surface area contributed by atoms with Crippen molar-refractivity contribution in [3.8, 4) is 0 Å². The molecule has 0 aliphatic heterocycles. The van der Waals surface area contributed by atoms with Gasteiger partial charge in [0, 0.05) is 0 Å². The van der Waals surface area contributed by atoms with Gasteiger partial charge in [-0.1, -0.05) is 257 Å². The minimum atomic E-state index is -0.744. The summed E-state index contributed by atoms with van der Waals surface area (Å²) in [6, 6.07) is -0.653. The maximum Gasteiger partial charge on any atom is 0.222 e. The molecule has 0 aromatic heterocycles. The van der Waals surface area contributed by atoms with E-state index >= 15 is 0 Å². The Balaban J connectivity index is 3.42. The molecule has 0 fully saturated rings. The van der Waals surface area contributed by atoms with Gasteiger partial charge in [-0.05, 0) is 38.5 Å². The third-order valence-electron chi connectivity index (χ3n) is 12.3. The molecule has 0 heterocycles. The van der Waals surface area contributed by atoms with Gasteiger partial charge < -0.3 is 20.6 Å². The van der Waals surface area contributed by atoms with E-state index in [1.807, 2.05) is 0 Å². The van der Waals surface area contributed by atoms with Crippen LogP contribution in [-0.4, -0.2) is 46.1 Å². The first-order chi connectivity index (χ1) is 28.0. The molecule has 3 atom stereocenters. The summed E-state index contributed by atoms with van der Waals surface area (Å²) in [5, 5.41) is 33.3. The monoisotopic (exact) mass is 806 g/mol. The van der Waals surface area contributed by atoms with E-state index in [2.05, 4.69) is 31.3 Å². The van der Waals surface area contributed by atoms with E-state index in [1.54, 1.807) is 0 Å². The number of rotatable bonds is 48. The molecule has 0 aliphatic carbocycles. The van der Waals surface area contributed by atoms with E-state index < -0.39 is 18.2 Å². The smallest absolute Gasteiger partial charge is 0.222 e. The van der Waals surface area contributed by atoms with E-state index in [9.17, 15) is 20.1 Å². The van der Waals surface area contributed by atoms with Crippen molar-refractivity contribution in [3.63, 3.8) is 0 Å². The zero-order valence-electron chi connectivity index (χ0n) is 38.7. The Kier molecular flexibility index (Phi) is 47.0. The summed E-state index contributed by atoms with van der Waals surface area (Å²) in [5.74, 6) is -0.281. The molecule has 3 unspecified atom stereocenters. The van der Waals surface area contributed by atoms with Crippen molar-refractivity contribution >= 4 is 5.91 Å². The summed E-state index contributed by atoms with van der Waals surface area (Å²) >= 11 is 0. The third kappa shape index (κ3) is 44.5. The lowest BCUT2D eigenvalue weighted by Crippen LogP contribution is -2.46. The van der Waals surface area contributed by atoms with Gasteiger partial charge in [-0.3, -0.25) is 4.79 Å². The van der Waals surface area contributed by atoms with E-state index in [0.29, 0.717) is 12.8 Å². The van der Waals surface area contributed by atoms with E-state index in [1.165, 1.54) is 231 Å². The highest BCUT2D eigenvalue weighted by molar-refractivity contribution is 5.76. The molecule has 340 valence electrons. The molecule has 0 saturated heterocycles. The van der Waals surface area contributed by atoms with Crippen molar-refractivity contribution in [2.24, 2.45) is 0 Å². The van der Waals surface area contributed by atoms with Gasteiger partial charge >= 0.3 is 0 Å². The quantitative estimate of drug-likeness (QED) is 0.0364.